The number of halogens is 2. The van der Waals surface area contributed by atoms with E-state index in [1.807, 2.05) is 18.2 Å². The summed E-state index contributed by atoms with van der Waals surface area (Å²) in [6.45, 7) is 0. The van der Waals surface area contributed by atoms with E-state index in [1.54, 1.807) is 32.4 Å². The fourth-order valence-electron chi connectivity index (χ4n) is 2.05. The Balaban J connectivity index is 0.000000271. The summed E-state index contributed by atoms with van der Waals surface area (Å²) in [5.41, 5.74) is 1.64. The summed E-state index contributed by atoms with van der Waals surface area (Å²) in [4.78, 5) is 21.4. The minimum Gasteiger partial charge on any atom is -0.496 e. The molecule has 27 heavy (non-hydrogen) atoms. The van der Waals surface area contributed by atoms with Crippen molar-refractivity contribution in [2.24, 2.45) is 0 Å². The van der Waals surface area contributed by atoms with E-state index in [1.165, 1.54) is 7.11 Å². The lowest BCUT2D eigenvalue weighted by atomic mass is 10.1. The van der Waals surface area contributed by atoms with Crippen LogP contribution in [0.1, 0.15) is 11.1 Å². The Morgan fingerprint density at radius 3 is 1.63 bits per heavy atom. The Morgan fingerprint density at radius 2 is 1.30 bits per heavy atom. The molecule has 0 heterocycles. The Kier molecular flexibility index (Phi) is 9.88. The molecule has 2 aromatic rings. The van der Waals surface area contributed by atoms with Crippen LogP contribution in [-0.4, -0.2) is 38.4 Å². The number of ether oxygens (including phenoxy) is 3. The topological polar surface area (TPSA) is 82.1 Å². The molecule has 0 aromatic heterocycles. The van der Waals surface area contributed by atoms with Gasteiger partial charge in [-0.25, -0.2) is 0 Å². The minimum absolute atomic E-state index is 0.0304. The van der Waals surface area contributed by atoms with Crippen molar-refractivity contribution in [3.05, 3.63) is 56.5 Å². The van der Waals surface area contributed by atoms with Gasteiger partial charge in [0.15, 0.2) is 0 Å². The van der Waals surface area contributed by atoms with Gasteiger partial charge in [0.25, 0.3) is 0 Å². The number of methoxy groups -OCH3 is 3. The zero-order valence-corrected chi connectivity index (χ0v) is 18.3. The van der Waals surface area contributed by atoms with E-state index >= 15 is 0 Å². The first-order valence-corrected chi connectivity index (χ1v) is 9.32. The first-order valence-electron chi connectivity index (χ1n) is 7.74. The van der Waals surface area contributed by atoms with E-state index in [0.717, 1.165) is 25.8 Å². The highest BCUT2D eigenvalue weighted by Crippen LogP contribution is 2.26. The second-order valence-electron chi connectivity index (χ2n) is 5.26. The predicted molar refractivity (Wildman–Crippen MR) is 108 cm³/mol. The maximum Gasteiger partial charge on any atom is 0.309 e. The van der Waals surface area contributed by atoms with Gasteiger partial charge in [-0.15, -0.1) is 0 Å². The molecule has 0 saturated heterocycles. The van der Waals surface area contributed by atoms with Crippen molar-refractivity contribution in [3.63, 3.8) is 0 Å². The van der Waals surface area contributed by atoms with Crippen molar-refractivity contribution in [3.8, 4) is 11.5 Å². The van der Waals surface area contributed by atoms with Gasteiger partial charge in [-0.05, 0) is 67.3 Å². The lowest BCUT2D eigenvalue weighted by Gasteiger charge is -2.05. The van der Waals surface area contributed by atoms with Crippen molar-refractivity contribution < 1.29 is 28.9 Å². The number of hydrogen-bond donors (Lipinski definition) is 1. The molecule has 0 aliphatic carbocycles. The van der Waals surface area contributed by atoms with Crippen LogP contribution in [0.5, 0.6) is 11.5 Å². The van der Waals surface area contributed by atoms with Gasteiger partial charge in [-0.3, -0.25) is 9.59 Å². The third-order valence-electron chi connectivity index (χ3n) is 3.36. The third kappa shape index (κ3) is 8.01. The Hall–Kier alpha value is -2.06. The quantitative estimate of drug-likeness (QED) is 0.593. The molecule has 0 radical (unpaired) electrons. The Labute approximate surface area is 174 Å². The maximum atomic E-state index is 11.0. The van der Waals surface area contributed by atoms with Gasteiger partial charge in [-0.1, -0.05) is 12.1 Å². The number of carbonyl (C=O) groups is 2. The van der Waals surface area contributed by atoms with E-state index in [0.29, 0.717) is 5.75 Å². The normalized spacial score (nSPS) is 9.67. The highest BCUT2D eigenvalue weighted by atomic mass is 79.9. The molecule has 0 saturated carbocycles. The summed E-state index contributed by atoms with van der Waals surface area (Å²) in [6.07, 6.45) is 0.307. The molecule has 0 spiro atoms. The summed E-state index contributed by atoms with van der Waals surface area (Å²) in [5, 5.41) is 8.54. The molecular formula is C19H20Br2O6. The Bertz CT molecular complexity index is 792. The second kappa shape index (κ2) is 11.6. The van der Waals surface area contributed by atoms with Gasteiger partial charge < -0.3 is 19.3 Å². The van der Waals surface area contributed by atoms with Gasteiger partial charge >= 0.3 is 11.9 Å². The number of esters is 1. The van der Waals surface area contributed by atoms with E-state index in [-0.39, 0.29) is 18.8 Å². The third-order valence-corrected chi connectivity index (χ3v) is 4.60. The average Bonchev–Trinajstić information content (AvgIpc) is 2.62. The van der Waals surface area contributed by atoms with Crippen molar-refractivity contribution in [1.82, 2.24) is 0 Å². The number of benzene rings is 2. The van der Waals surface area contributed by atoms with E-state index in [9.17, 15) is 9.59 Å². The lowest BCUT2D eigenvalue weighted by molar-refractivity contribution is -0.140. The van der Waals surface area contributed by atoms with Crippen LogP contribution in [0, 0.1) is 0 Å². The van der Waals surface area contributed by atoms with Crippen LogP contribution in [0.15, 0.2) is 45.3 Å². The second-order valence-corrected chi connectivity index (χ2v) is 6.97. The van der Waals surface area contributed by atoms with Crippen molar-refractivity contribution in [1.29, 1.82) is 0 Å². The molecule has 0 aliphatic heterocycles. The van der Waals surface area contributed by atoms with Gasteiger partial charge in [0, 0.05) is 0 Å². The van der Waals surface area contributed by atoms with E-state index < -0.39 is 5.97 Å². The van der Waals surface area contributed by atoms with Crippen LogP contribution in [0.25, 0.3) is 0 Å². The summed E-state index contributed by atoms with van der Waals surface area (Å²) in [6, 6.07) is 10.7. The monoisotopic (exact) mass is 502 g/mol. The molecule has 0 bridgehead atoms. The highest BCUT2D eigenvalue weighted by Gasteiger charge is 2.06. The van der Waals surface area contributed by atoms with E-state index in [4.69, 9.17) is 14.6 Å². The first-order chi connectivity index (χ1) is 12.8. The van der Waals surface area contributed by atoms with Crippen LogP contribution >= 0.6 is 31.9 Å². The molecule has 0 unspecified atom stereocenters. The highest BCUT2D eigenvalue weighted by molar-refractivity contribution is 9.10. The number of rotatable bonds is 6. The van der Waals surface area contributed by atoms with Crippen LogP contribution < -0.4 is 9.47 Å². The van der Waals surface area contributed by atoms with Crippen LogP contribution in [0.2, 0.25) is 0 Å². The molecule has 6 nitrogen and oxygen atoms in total. The van der Waals surface area contributed by atoms with Crippen LogP contribution in [0.3, 0.4) is 0 Å². The SMILES string of the molecule is COC(=O)Cc1ccc(OC)c(Br)c1.COc1ccc(CC(=O)O)cc1Br. The number of carboxylic acid groups (broad SMARTS) is 1. The molecule has 146 valence electrons. The lowest BCUT2D eigenvalue weighted by Crippen LogP contribution is -2.04. The zero-order valence-electron chi connectivity index (χ0n) is 15.1. The summed E-state index contributed by atoms with van der Waals surface area (Å²) in [5.74, 6) is 0.367. The van der Waals surface area contributed by atoms with Gasteiger partial charge in [0.2, 0.25) is 0 Å². The van der Waals surface area contributed by atoms with Crippen molar-refractivity contribution >= 4 is 43.8 Å². The average molecular weight is 504 g/mol. The predicted octanol–water partition coefficient (Wildman–Crippen LogP) is 4.26. The molecule has 1 N–H and O–H groups in total. The number of aliphatic carboxylic acids is 1. The first kappa shape index (κ1) is 23.0. The maximum absolute atomic E-state index is 11.0. The molecule has 8 heteroatoms. The van der Waals surface area contributed by atoms with Crippen molar-refractivity contribution in [2.45, 2.75) is 12.8 Å². The minimum atomic E-state index is -0.836. The summed E-state index contributed by atoms with van der Waals surface area (Å²) >= 11 is 6.62. The van der Waals surface area contributed by atoms with Gasteiger partial charge in [-0.2, -0.15) is 0 Å². The van der Waals surface area contributed by atoms with Crippen LogP contribution in [0.4, 0.5) is 0 Å². The molecular weight excluding hydrogens is 484 g/mol. The fraction of sp³-hybridized carbons (Fsp3) is 0.263. The molecule has 0 aliphatic rings. The number of carboxylic acids is 1. The smallest absolute Gasteiger partial charge is 0.309 e. The molecule has 0 fully saturated rings. The van der Waals surface area contributed by atoms with Crippen LogP contribution in [-0.2, 0) is 27.2 Å². The number of carbonyl (C=O) groups excluding carboxylic acids is 1. The summed E-state index contributed by atoms with van der Waals surface area (Å²) in [7, 11) is 4.54. The largest absolute Gasteiger partial charge is 0.496 e. The standard InChI is InChI=1S/C10H11BrO3.C9H9BrO3/c1-13-9-4-3-7(5-8(9)11)6-10(12)14-2;1-13-8-3-2-6(4-7(8)10)5-9(11)12/h3-5H,6H2,1-2H3;2-4H,5H2,1H3,(H,11,12). The zero-order chi connectivity index (χ0) is 20.4. The molecule has 0 atom stereocenters. The van der Waals surface area contributed by atoms with Gasteiger partial charge in [0.05, 0.1) is 43.1 Å². The fourth-order valence-corrected chi connectivity index (χ4v) is 3.23. The molecule has 0 amide bonds. The summed E-state index contributed by atoms with van der Waals surface area (Å²) < 4.78 is 16.3. The van der Waals surface area contributed by atoms with Crippen molar-refractivity contribution in [2.75, 3.05) is 21.3 Å². The van der Waals surface area contributed by atoms with E-state index in [2.05, 4.69) is 36.6 Å². The Morgan fingerprint density at radius 1 is 0.852 bits per heavy atom. The molecule has 2 rings (SSSR count). The molecule has 2 aromatic carbocycles. The number of hydrogen-bond acceptors (Lipinski definition) is 5. The van der Waals surface area contributed by atoms with Gasteiger partial charge in [0.1, 0.15) is 11.5 Å².